The first-order chi connectivity index (χ1) is 11.6. The van der Waals surface area contributed by atoms with Crippen molar-refractivity contribution in [2.75, 3.05) is 13.6 Å². The molecule has 3 rings (SSSR count). The van der Waals surface area contributed by atoms with Gasteiger partial charge in [0.05, 0.1) is 12.0 Å². The number of aliphatic imine (C=N–C) groups is 1. The van der Waals surface area contributed by atoms with E-state index < -0.39 is 0 Å². The molecule has 2 aromatic rings. The zero-order valence-corrected chi connectivity index (χ0v) is 15.0. The lowest BCUT2D eigenvalue weighted by Gasteiger charge is -2.13. The van der Waals surface area contributed by atoms with Crippen molar-refractivity contribution in [2.24, 2.45) is 4.99 Å². The van der Waals surface area contributed by atoms with Crippen LogP contribution in [0.3, 0.4) is 0 Å². The van der Waals surface area contributed by atoms with E-state index in [4.69, 9.17) is 4.74 Å². The van der Waals surface area contributed by atoms with Crippen molar-refractivity contribution in [3.8, 4) is 11.5 Å². The molecule has 3 nitrogen and oxygen atoms in total. The highest BCUT2D eigenvalue weighted by molar-refractivity contribution is 5.64. The lowest BCUT2D eigenvalue weighted by atomic mass is 10.1. The van der Waals surface area contributed by atoms with Gasteiger partial charge >= 0.3 is 0 Å². The molecule has 1 aliphatic carbocycles. The third-order valence-electron chi connectivity index (χ3n) is 4.52. The lowest BCUT2D eigenvalue weighted by molar-refractivity contribution is 0.478. The second-order valence-electron chi connectivity index (χ2n) is 6.67. The summed E-state index contributed by atoms with van der Waals surface area (Å²) in [5.74, 6) is 2.57. The molecule has 0 aromatic heterocycles. The van der Waals surface area contributed by atoms with Gasteiger partial charge in [0.25, 0.3) is 0 Å². The topological polar surface area (TPSA) is 24.8 Å². The molecule has 0 saturated heterocycles. The van der Waals surface area contributed by atoms with Gasteiger partial charge in [0.1, 0.15) is 11.5 Å². The molecule has 0 amide bonds. The van der Waals surface area contributed by atoms with E-state index in [-0.39, 0.29) is 0 Å². The molecule has 1 saturated carbocycles. The molecule has 0 spiro atoms. The molecule has 1 fully saturated rings. The molecular weight excluding hydrogens is 296 g/mol. The smallest absolute Gasteiger partial charge is 0.130 e. The fourth-order valence-corrected chi connectivity index (χ4v) is 2.64. The van der Waals surface area contributed by atoms with E-state index in [1.807, 2.05) is 19.5 Å². The van der Waals surface area contributed by atoms with Crippen LogP contribution in [0.1, 0.15) is 42.4 Å². The van der Waals surface area contributed by atoms with Gasteiger partial charge in [-0.1, -0.05) is 12.1 Å². The van der Waals surface area contributed by atoms with Gasteiger partial charge in [0, 0.05) is 13.6 Å². The Balaban J connectivity index is 1.80. The minimum atomic E-state index is 0.739. The molecule has 0 atom stereocenters. The molecule has 0 radical (unpaired) electrons. The van der Waals surface area contributed by atoms with Gasteiger partial charge in [0.15, 0.2) is 0 Å². The Labute approximate surface area is 145 Å². The highest BCUT2D eigenvalue weighted by atomic mass is 16.5. The Bertz CT molecular complexity index is 747. The Hall–Kier alpha value is -2.29. The van der Waals surface area contributed by atoms with Crippen LogP contribution in [0.25, 0.3) is 0 Å². The van der Waals surface area contributed by atoms with Gasteiger partial charge in [-0.25, -0.2) is 4.99 Å². The summed E-state index contributed by atoms with van der Waals surface area (Å²) in [7, 11) is 2.02. The maximum atomic E-state index is 6.15. The van der Waals surface area contributed by atoms with Crippen LogP contribution in [-0.2, 0) is 0 Å². The summed E-state index contributed by atoms with van der Waals surface area (Å²) < 4.78 is 6.15. The summed E-state index contributed by atoms with van der Waals surface area (Å²) in [6, 6.07) is 12.7. The molecule has 0 aliphatic heterocycles. The van der Waals surface area contributed by atoms with Gasteiger partial charge in [-0.2, -0.15) is 0 Å². The molecule has 24 heavy (non-hydrogen) atoms. The molecule has 1 aliphatic rings. The van der Waals surface area contributed by atoms with E-state index in [9.17, 15) is 0 Å². The quantitative estimate of drug-likeness (QED) is 0.512. The monoisotopic (exact) mass is 322 g/mol. The first-order valence-electron chi connectivity index (χ1n) is 8.70. The van der Waals surface area contributed by atoms with Crippen LogP contribution >= 0.6 is 0 Å². The second-order valence-corrected chi connectivity index (χ2v) is 6.67. The fraction of sp³-hybridized carbons (Fsp3) is 0.381. The maximum absolute atomic E-state index is 6.15. The highest BCUT2D eigenvalue weighted by Gasteiger charge is 2.23. The van der Waals surface area contributed by atoms with Crippen molar-refractivity contribution in [1.29, 1.82) is 0 Å². The number of rotatable bonds is 6. The summed E-state index contributed by atoms with van der Waals surface area (Å²) in [4.78, 5) is 6.63. The molecule has 0 unspecified atom stereocenters. The second kappa shape index (κ2) is 7.08. The third-order valence-corrected chi connectivity index (χ3v) is 4.52. The minimum Gasteiger partial charge on any atom is -0.457 e. The van der Waals surface area contributed by atoms with Crippen LogP contribution in [0, 0.1) is 13.8 Å². The van der Waals surface area contributed by atoms with E-state index in [2.05, 4.69) is 61.0 Å². The van der Waals surface area contributed by atoms with Crippen LogP contribution in [0.15, 0.2) is 41.4 Å². The lowest BCUT2D eigenvalue weighted by Crippen LogP contribution is -2.14. The van der Waals surface area contributed by atoms with Crippen LogP contribution < -0.4 is 4.74 Å². The first kappa shape index (κ1) is 16.6. The van der Waals surface area contributed by atoms with E-state index in [0.29, 0.717) is 0 Å². The molecule has 0 heterocycles. The summed E-state index contributed by atoms with van der Waals surface area (Å²) in [5.41, 5.74) is 4.61. The van der Waals surface area contributed by atoms with Gasteiger partial charge in [0.2, 0.25) is 0 Å². The van der Waals surface area contributed by atoms with Crippen LogP contribution in [0.2, 0.25) is 0 Å². The largest absolute Gasteiger partial charge is 0.457 e. The maximum Gasteiger partial charge on any atom is 0.130 e. The fourth-order valence-electron chi connectivity index (χ4n) is 2.64. The van der Waals surface area contributed by atoms with E-state index >= 15 is 0 Å². The number of hydrogen-bond donors (Lipinski definition) is 0. The van der Waals surface area contributed by atoms with E-state index in [1.165, 1.54) is 18.4 Å². The van der Waals surface area contributed by atoms with Crippen molar-refractivity contribution in [2.45, 2.75) is 39.5 Å². The summed E-state index contributed by atoms with van der Waals surface area (Å²) in [6.45, 7) is 7.20. The number of hydrogen-bond acceptors (Lipinski definition) is 2. The average molecular weight is 322 g/mol. The standard InChI is InChI=1S/C21H26N2O/c1-5-23(4)14-22-20-11-16(3)21(12-15(20)2)24-19-8-6-7-18(13-19)17-9-10-17/h6-8,11-14,17H,5,9-10H2,1-4H3/b22-14-. The summed E-state index contributed by atoms with van der Waals surface area (Å²) in [6.07, 6.45) is 4.49. The van der Waals surface area contributed by atoms with Crippen molar-refractivity contribution >= 4 is 12.0 Å². The van der Waals surface area contributed by atoms with E-state index in [1.54, 1.807) is 0 Å². The number of aryl methyl sites for hydroxylation is 2. The number of ether oxygens (including phenoxy) is 1. The van der Waals surface area contributed by atoms with Crippen LogP contribution in [-0.4, -0.2) is 24.8 Å². The predicted molar refractivity (Wildman–Crippen MR) is 101 cm³/mol. The SMILES string of the molecule is CCN(C)/C=N\c1cc(C)c(Oc2cccc(C3CC3)c2)cc1C. The molecular formula is C21H26N2O. The van der Waals surface area contributed by atoms with Crippen molar-refractivity contribution in [3.63, 3.8) is 0 Å². The Kier molecular flexibility index (Phi) is 4.89. The first-order valence-corrected chi connectivity index (χ1v) is 8.70. The van der Waals surface area contributed by atoms with Crippen molar-refractivity contribution in [3.05, 3.63) is 53.1 Å². The molecule has 126 valence electrons. The Morgan fingerprint density at radius 3 is 2.67 bits per heavy atom. The predicted octanol–water partition coefficient (Wildman–Crippen LogP) is 5.58. The molecule has 0 bridgehead atoms. The van der Waals surface area contributed by atoms with Crippen LogP contribution in [0.4, 0.5) is 5.69 Å². The molecule has 0 N–H and O–H groups in total. The minimum absolute atomic E-state index is 0.739. The van der Waals surface area contributed by atoms with Crippen LogP contribution in [0.5, 0.6) is 11.5 Å². The average Bonchev–Trinajstić information content (AvgIpc) is 3.41. The Morgan fingerprint density at radius 1 is 1.17 bits per heavy atom. The summed E-state index contributed by atoms with van der Waals surface area (Å²) >= 11 is 0. The van der Waals surface area contributed by atoms with Gasteiger partial charge < -0.3 is 9.64 Å². The number of benzene rings is 2. The van der Waals surface area contributed by atoms with Gasteiger partial charge in [-0.15, -0.1) is 0 Å². The normalized spacial score (nSPS) is 14.2. The highest BCUT2D eigenvalue weighted by Crippen LogP contribution is 2.41. The van der Waals surface area contributed by atoms with Crippen molar-refractivity contribution in [1.82, 2.24) is 4.90 Å². The number of nitrogens with zero attached hydrogens (tertiary/aromatic N) is 2. The third kappa shape index (κ3) is 3.97. The van der Waals surface area contributed by atoms with Gasteiger partial charge in [-0.05, 0) is 80.5 Å². The zero-order chi connectivity index (χ0) is 17.1. The van der Waals surface area contributed by atoms with Gasteiger partial charge in [-0.3, -0.25) is 0 Å². The van der Waals surface area contributed by atoms with Crippen molar-refractivity contribution < 1.29 is 4.74 Å². The molecule has 2 aromatic carbocycles. The van der Waals surface area contributed by atoms with E-state index in [0.717, 1.165) is 40.8 Å². The Morgan fingerprint density at radius 2 is 1.96 bits per heavy atom. The molecule has 3 heteroatoms. The summed E-state index contributed by atoms with van der Waals surface area (Å²) in [5, 5.41) is 0. The zero-order valence-electron chi connectivity index (χ0n) is 15.0.